The molecule has 0 fully saturated rings. The number of rotatable bonds is 8. The van der Waals surface area contributed by atoms with Crippen LogP contribution in [0, 0.1) is 5.92 Å². The van der Waals surface area contributed by atoms with Crippen LogP contribution in [0.1, 0.15) is 76.2 Å². The van der Waals surface area contributed by atoms with Gasteiger partial charge in [0, 0.05) is 0 Å². The summed E-state index contributed by atoms with van der Waals surface area (Å²) in [5.74, 6) is 0.400. The van der Waals surface area contributed by atoms with Crippen LogP contribution in [0.15, 0.2) is 18.2 Å². The zero-order valence-electron chi connectivity index (χ0n) is 13.1. The van der Waals surface area contributed by atoms with Gasteiger partial charge >= 0.3 is 0 Å². The molecule has 1 nitrogen and oxygen atoms in total. The van der Waals surface area contributed by atoms with Crippen LogP contribution in [0.2, 0.25) is 0 Å². The minimum absolute atomic E-state index is 0.298. The molecular weight excluding hydrogens is 232 g/mol. The van der Waals surface area contributed by atoms with Crippen LogP contribution >= 0.6 is 0 Å². The summed E-state index contributed by atoms with van der Waals surface area (Å²) in [5.41, 5.74) is 3.92. The van der Waals surface area contributed by atoms with Crippen LogP contribution in [0.25, 0.3) is 0 Å². The summed E-state index contributed by atoms with van der Waals surface area (Å²) in [6.45, 7) is 8.79. The van der Waals surface area contributed by atoms with Crippen molar-refractivity contribution in [2.24, 2.45) is 5.92 Å². The number of aryl methyl sites for hydroxylation is 2. The molecule has 0 aliphatic heterocycles. The molecule has 1 rings (SSSR count). The maximum Gasteiger partial charge on any atom is 0.0818 e. The SMILES string of the molecule is CCCCC(CC)C(O)c1ccc(CC)c(CC)c1. The van der Waals surface area contributed by atoms with Crippen molar-refractivity contribution in [3.8, 4) is 0 Å². The van der Waals surface area contributed by atoms with Crippen molar-refractivity contribution in [2.75, 3.05) is 0 Å². The molecule has 0 aromatic heterocycles. The van der Waals surface area contributed by atoms with E-state index in [4.69, 9.17) is 0 Å². The molecule has 0 saturated heterocycles. The molecule has 0 amide bonds. The highest BCUT2D eigenvalue weighted by Gasteiger charge is 2.19. The van der Waals surface area contributed by atoms with E-state index >= 15 is 0 Å². The molecule has 0 bridgehead atoms. The maximum absolute atomic E-state index is 10.6. The van der Waals surface area contributed by atoms with Crippen LogP contribution in [-0.4, -0.2) is 5.11 Å². The summed E-state index contributed by atoms with van der Waals surface area (Å²) in [7, 11) is 0. The van der Waals surface area contributed by atoms with Gasteiger partial charge in [-0.05, 0) is 41.9 Å². The second-order valence-electron chi connectivity index (χ2n) is 5.49. The molecule has 0 aliphatic rings. The zero-order valence-corrected chi connectivity index (χ0v) is 13.1. The summed E-state index contributed by atoms with van der Waals surface area (Å²) in [6, 6.07) is 6.54. The van der Waals surface area contributed by atoms with Gasteiger partial charge in [-0.3, -0.25) is 0 Å². The third-order valence-electron chi connectivity index (χ3n) is 4.23. The minimum Gasteiger partial charge on any atom is -0.388 e. The second-order valence-corrected chi connectivity index (χ2v) is 5.49. The molecule has 2 atom stereocenters. The molecular formula is C18H30O. The van der Waals surface area contributed by atoms with Crippen LogP contribution in [0.5, 0.6) is 0 Å². The van der Waals surface area contributed by atoms with Crippen molar-refractivity contribution in [2.45, 2.75) is 72.3 Å². The van der Waals surface area contributed by atoms with Gasteiger partial charge in [0.15, 0.2) is 0 Å². The van der Waals surface area contributed by atoms with E-state index in [1.165, 1.54) is 24.0 Å². The third-order valence-corrected chi connectivity index (χ3v) is 4.23. The standard InChI is InChI=1S/C18H30O/c1-5-9-10-15(7-3)18(19)17-12-11-14(6-2)16(8-4)13-17/h11-13,15,18-19H,5-10H2,1-4H3. The van der Waals surface area contributed by atoms with E-state index in [9.17, 15) is 5.11 Å². The highest BCUT2D eigenvalue weighted by Crippen LogP contribution is 2.30. The maximum atomic E-state index is 10.6. The average molecular weight is 262 g/mol. The molecule has 19 heavy (non-hydrogen) atoms. The van der Waals surface area contributed by atoms with Crippen molar-refractivity contribution in [3.05, 3.63) is 34.9 Å². The molecule has 2 unspecified atom stereocenters. The summed E-state index contributed by atoms with van der Waals surface area (Å²) < 4.78 is 0. The van der Waals surface area contributed by atoms with Gasteiger partial charge in [-0.1, -0.05) is 65.2 Å². The number of hydrogen-bond acceptors (Lipinski definition) is 1. The van der Waals surface area contributed by atoms with E-state index in [0.29, 0.717) is 5.92 Å². The molecule has 0 spiro atoms. The second kappa shape index (κ2) is 8.37. The summed E-state index contributed by atoms with van der Waals surface area (Å²) in [6.07, 6.45) is 6.43. The lowest BCUT2D eigenvalue weighted by Crippen LogP contribution is -2.12. The predicted molar refractivity (Wildman–Crippen MR) is 83.5 cm³/mol. The Bertz CT molecular complexity index is 370. The summed E-state index contributed by atoms with van der Waals surface area (Å²) in [5, 5.41) is 10.6. The van der Waals surface area contributed by atoms with E-state index in [2.05, 4.69) is 45.9 Å². The quantitative estimate of drug-likeness (QED) is 0.694. The molecule has 1 heteroatoms. The fourth-order valence-corrected chi connectivity index (χ4v) is 2.83. The molecule has 1 aromatic rings. The fourth-order valence-electron chi connectivity index (χ4n) is 2.83. The van der Waals surface area contributed by atoms with Gasteiger partial charge < -0.3 is 5.11 Å². The Morgan fingerprint density at radius 1 is 1.00 bits per heavy atom. The molecule has 0 heterocycles. The molecule has 108 valence electrons. The van der Waals surface area contributed by atoms with Crippen LogP contribution in [0.3, 0.4) is 0 Å². The molecule has 1 N–H and O–H groups in total. The van der Waals surface area contributed by atoms with Gasteiger partial charge in [-0.2, -0.15) is 0 Å². The number of aliphatic hydroxyl groups excluding tert-OH is 1. The first kappa shape index (κ1) is 16.2. The van der Waals surface area contributed by atoms with E-state index in [1.54, 1.807) is 0 Å². The number of unbranched alkanes of at least 4 members (excludes halogenated alkanes) is 1. The lowest BCUT2D eigenvalue weighted by atomic mass is 9.87. The van der Waals surface area contributed by atoms with E-state index < -0.39 is 0 Å². The number of aliphatic hydroxyl groups is 1. The zero-order chi connectivity index (χ0) is 14.3. The van der Waals surface area contributed by atoms with Gasteiger partial charge in [0.25, 0.3) is 0 Å². The Kier molecular flexibility index (Phi) is 7.15. The predicted octanol–water partition coefficient (Wildman–Crippen LogP) is 5.06. The van der Waals surface area contributed by atoms with Gasteiger partial charge in [-0.15, -0.1) is 0 Å². The Balaban J connectivity index is 2.88. The first-order valence-electron chi connectivity index (χ1n) is 7.97. The topological polar surface area (TPSA) is 20.2 Å². The minimum atomic E-state index is -0.298. The average Bonchev–Trinajstić information content (AvgIpc) is 2.46. The molecule has 0 aliphatic carbocycles. The van der Waals surface area contributed by atoms with Gasteiger partial charge in [0.2, 0.25) is 0 Å². The van der Waals surface area contributed by atoms with Crippen molar-refractivity contribution >= 4 is 0 Å². The van der Waals surface area contributed by atoms with Crippen LogP contribution in [0.4, 0.5) is 0 Å². The first-order chi connectivity index (χ1) is 9.17. The van der Waals surface area contributed by atoms with Crippen molar-refractivity contribution in [3.63, 3.8) is 0 Å². The van der Waals surface area contributed by atoms with E-state index in [-0.39, 0.29) is 6.10 Å². The Morgan fingerprint density at radius 2 is 1.68 bits per heavy atom. The monoisotopic (exact) mass is 262 g/mol. The van der Waals surface area contributed by atoms with Crippen molar-refractivity contribution in [1.29, 1.82) is 0 Å². The Labute approximate surface area is 119 Å². The van der Waals surface area contributed by atoms with E-state index in [0.717, 1.165) is 31.2 Å². The van der Waals surface area contributed by atoms with Crippen molar-refractivity contribution in [1.82, 2.24) is 0 Å². The van der Waals surface area contributed by atoms with E-state index in [1.807, 2.05) is 0 Å². The third kappa shape index (κ3) is 4.35. The van der Waals surface area contributed by atoms with Crippen LogP contribution in [-0.2, 0) is 12.8 Å². The molecule has 0 saturated carbocycles. The van der Waals surface area contributed by atoms with Gasteiger partial charge in [0.05, 0.1) is 6.10 Å². The highest BCUT2D eigenvalue weighted by atomic mass is 16.3. The largest absolute Gasteiger partial charge is 0.388 e. The van der Waals surface area contributed by atoms with Gasteiger partial charge in [-0.25, -0.2) is 0 Å². The smallest absolute Gasteiger partial charge is 0.0818 e. The van der Waals surface area contributed by atoms with Gasteiger partial charge in [0.1, 0.15) is 0 Å². The van der Waals surface area contributed by atoms with Crippen molar-refractivity contribution < 1.29 is 5.11 Å². The lowest BCUT2D eigenvalue weighted by molar-refractivity contribution is 0.0988. The number of benzene rings is 1. The Morgan fingerprint density at radius 3 is 2.21 bits per heavy atom. The molecule has 0 radical (unpaired) electrons. The normalized spacial score (nSPS) is 14.4. The van der Waals surface area contributed by atoms with Crippen LogP contribution < -0.4 is 0 Å². The summed E-state index contributed by atoms with van der Waals surface area (Å²) >= 11 is 0. The Hall–Kier alpha value is -0.820. The lowest BCUT2D eigenvalue weighted by Gasteiger charge is -2.23. The fraction of sp³-hybridized carbons (Fsp3) is 0.667. The summed E-state index contributed by atoms with van der Waals surface area (Å²) in [4.78, 5) is 0. The number of hydrogen-bond donors (Lipinski definition) is 1. The molecule has 1 aromatic carbocycles. The highest BCUT2D eigenvalue weighted by molar-refractivity contribution is 5.33. The first-order valence-corrected chi connectivity index (χ1v) is 7.97.